The van der Waals surface area contributed by atoms with Crippen LogP contribution in [0.3, 0.4) is 0 Å². The van der Waals surface area contributed by atoms with Crippen LogP contribution in [0.4, 0.5) is 0 Å². The van der Waals surface area contributed by atoms with E-state index in [0.29, 0.717) is 10.8 Å². The summed E-state index contributed by atoms with van der Waals surface area (Å²) in [6, 6.07) is 15.6. The predicted octanol–water partition coefficient (Wildman–Crippen LogP) is 4.62. The predicted molar refractivity (Wildman–Crippen MR) is 97.0 cm³/mol. The van der Waals surface area contributed by atoms with E-state index in [-0.39, 0.29) is 18.6 Å². The van der Waals surface area contributed by atoms with Gasteiger partial charge >= 0.3 is 0 Å². The lowest BCUT2D eigenvalue weighted by Crippen LogP contribution is -2.36. The molecule has 2 aromatic carbocycles. The van der Waals surface area contributed by atoms with Gasteiger partial charge in [-0.15, -0.1) is 0 Å². The van der Waals surface area contributed by atoms with E-state index in [1.807, 2.05) is 31.2 Å². The fourth-order valence-corrected chi connectivity index (χ4v) is 2.88. The van der Waals surface area contributed by atoms with E-state index in [2.05, 4.69) is 33.4 Å². The largest absolute Gasteiger partial charge is 0.482 e. The van der Waals surface area contributed by atoms with Gasteiger partial charge in [0.15, 0.2) is 6.61 Å². The van der Waals surface area contributed by atoms with Crippen LogP contribution < -0.4 is 10.1 Å². The summed E-state index contributed by atoms with van der Waals surface area (Å²) in [6.07, 6.45) is 1.82. The molecule has 1 N–H and O–H groups in total. The number of aryl methyl sites for hydroxylation is 1. The number of rotatable bonds is 7. The van der Waals surface area contributed by atoms with Crippen molar-refractivity contribution in [3.05, 3.63) is 63.6 Å². The molecule has 1 atom stereocenters. The Morgan fingerprint density at radius 2 is 2.00 bits per heavy atom. The third-order valence-electron chi connectivity index (χ3n) is 3.37. The van der Waals surface area contributed by atoms with Crippen molar-refractivity contribution in [2.24, 2.45) is 0 Å². The van der Waals surface area contributed by atoms with E-state index in [9.17, 15) is 4.79 Å². The molecule has 0 bridgehead atoms. The zero-order chi connectivity index (χ0) is 16.7. The highest BCUT2D eigenvalue weighted by Gasteiger charge is 2.10. The number of hydrogen-bond acceptors (Lipinski definition) is 2. The molecule has 0 heterocycles. The lowest BCUT2D eigenvalue weighted by molar-refractivity contribution is -0.123. The van der Waals surface area contributed by atoms with Crippen molar-refractivity contribution < 1.29 is 9.53 Å². The molecule has 5 heteroatoms. The molecule has 0 fully saturated rings. The molecule has 0 saturated carbocycles. The van der Waals surface area contributed by atoms with Gasteiger partial charge in [-0.1, -0.05) is 57.9 Å². The van der Waals surface area contributed by atoms with Crippen LogP contribution >= 0.6 is 27.5 Å². The van der Waals surface area contributed by atoms with Gasteiger partial charge in [0.05, 0.1) is 5.02 Å². The first-order chi connectivity index (χ1) is 11.0. The van der Waals surface area contributed by atoms with Crippen LogP contribution in [0.1, 0.15) is 18.9 Å². The third-order valence-corrected chi connectivity index (χ3v) is 4.16. The van der Waals surface area contributed by atoms with Crippen LogP contribution in [0.25, 0.3) is 0 Å². The smallest absolute Gasteiger partial charge is 0.258 e. The first-order valence-electron chi connectivity index (χ1n) is 7.45. The van der Waals surface area contributed by atoms with Gasteiger partial charge in [-0.05, 0) is 43.5 Å². The molecule has 0 aromatic heterocycles. The minimum atomic E-state index is -0.149. The molecule has 23 heavy (non-hydrogen) atoms. The molecule has 0 radical (unpaired) electrons. The lowest BCUT2D eigenvalue weighted by atomic mass is 10.1. The normalized spacial score (nSPS) is 11.8. The van der Waals surface area contributed by atoms with Crippen LogP contribution in [0.5, 0.6) is 5.75 Å². The Labute approximate surface area is 150 Å². The number of amides is 1. The van der Waals surface area contributed by atoms with Crippen molar-refractivity contribution in [2.75, 3.05) is 6.61 Å². The van der Waals surface area contributed by atoms with Gasteiger partial charge in [0, 0.05) is 10.5 Å². The van der Waals surface area contributed by atoms with Crippen LogP contribution in [-0.4, -0.2) is 18.6 Å². The summed E-state index contributed by atoms with van der Waals surface area (Å²) in [5, 5.41) is 3.41. The fourth-order valence-electron chi connectivity index (χ4n) is 2.15. The first kappa shape index (κ1) is 17.8. The van der Waals surface area contributed by atoms with Gasteiger partial charge in [0.2, 0.25) is 0 Å². The highest BCUT2D eigenvalue weighted by molar-refractivity contribution is 9.10. The number of carbonyl (C=O) groups excluding carboxylic acids is 1. The van der Waals surface area contributed by atoms with E-state index in [1.165, 1.54) is 5.56 Å². The minimum Gasteiger partial charge on any atom is -0.482 e. The SMILES string of the molecule is C[C@@H](CCc1ccccc1)NC(=O)COc1ccc(Br)cc1Cl. The van der Waals surface area contributed by atoms with Crippen LogP contribution in [0, 0.1) is 0 Å². The Kier molecular flexibility index (Phi) is 6.93. The first-order valence-corrected chi connectivity index (χ1v) is 8.63. The van der Waals surface area contributed by atoms with Crippen molar-refractivity contribution in [1.29, 1.82) is 0 Å². The highest BCUT2D eigenvalue weighted by Crippen LogP contribution is 2.27. The van der Waals surface area contributed by atoms with Gasteiger partial charge < -0.3 is 10.1 Å². The second-order valence-electron chi connectivity index (χ2n) is 5.36. The molecule has 0 aliphatic carbocycles. The summed E-state index contributed by atoms with van der Waals surface area (Å²) in [5.41, 5.74) is 1.27. The summed E-state index contributed by atoms with van der Waals surface area (Å²) in [5.74, 6) is 0.353. The summed E-state index contributed by atoms with van der Waals surface area (Å²) < 4.78 is 6.32. The van der Waals surface area contributed by atoms with Gasteiger partial charge in [0.1, 0.15) is 5.75 Å². The molecule has 3 nitrogen and oxygen atoms in total. The average Bonchev–Trinajstić information content (AvgIpc) is 2.53. The van der Waals surface area contributed by atoms with E-state index < -0.39 is 0 Å². The summed E-state index contributed by atoms with van der Waals surface area (Å²) in [6.45, 7) is 1.95. The maximum Gasteiger partial charge on any atom is 0.258 e. The number of nitrogens with one attached hydrogen (secondary N) is 1. The maximum atomic E-state index is 11.9. The van der Waals surface area contributed by atoms with E-state index in [4.69, 9.17) is 16.3 Å². The summed E-state index contributed by atoms with van der Waals surface area (Å²) in [4.78, 5) is 11.9. The van der Waals surface area contributed by atoms with Crippen molar-refractivity contribution in [3.63, 3.8) is 0 Å². The molecular formula is C18H19BrClNO2. The second kappa shape index (κ2) is 8.94. The summed E-state index contributed by atoms with van der Waals surface area (Å²) >= 11 is 9.38. The van der Waals surface area contributed by atoms with Gasteiger partial charge in [-0.3, -0.25) is 4.79 Å². The van der Waals surface area contributed by atoms with Crippen molar-refractivity contribution in [1.82, 2.24) is 5.32 Å². The second-order valence-corrected chi connectivity index (χ2v) is 6.68. The Hall–Kier alpha value is -1.52. The quantitative estimate of drug-likeness (QED) is 0.741. The summed E-state index contributed by atoms with van der Waals surface area (Å²) in [7, 11) is 0. The molecule has 2 rings (SSSR count). The Balaban J connectivity index is 1.73. The fraction of sp³-hybridized carbons (Fsp3) is 0.278. The highest BCUT2D eigenvalue weighted by atomic mass is 79.9. The Morgan fingerprint density at radius 1 is 1.26 bits per heavy atom. The third kappa shape index (κ3) is 6.24. The number of hydrogen-bond donors (Lipinski definition) is 1. The average molecular weight is 397 g/mol. The van der Waals surface area contributed by atoms with Gasteiger partial charge in [-0.2, -0.15) is 0 Å². The van der Waals surface area contributed by atoms with Gasteiger partial charge in [0.25, 0.3) is 5.91 Å². The number of ether oxygens (including phenoxy) is 1. The maximum absolute atomic E-state index is 11.9. The van der Waals surface area contributed by atoms with Crippen molar-refractivity contribution in [3.8, 4) is 5.75 Å². The van der Waals surface area contributed by atoms with Crippen LogP contribution in [0.2, 0.25) is 5.02 Å². The van der Waals surface area contributed by atoms with Crippen molar-refractivity contribution in [2.45, 2.75) is 25.8 Å². The molecule has 0 saturated heterocycles. The Bertz CT molecular complexity index is 649. The zero-order valence-electron chi connectivity index (χ0n) is 12.9. The lowest BCUT2D eigenvalue weighted by Gasteiger charge is -2.14. The molecule has 2 aromatic rings. The zero-order valence-corrected chi connectivity index (χ0v) is 15.2. The molecule has 1 amide bonds. The molecule has 0 unspecified atom stereocenters. The standard InChI is InChI=1S/C18H19BrClNO2/c1-13(7-8-14-5-3-2-4-6-14)21-18(22)12-23-17-10-9-15(19)11-16(17)20/h2-6,9-11,13H,7-8,12H2,1H3,(H,21,22)/t13-/m0/s1. The molecule has 0 spiro atoms. The van der Waals surface area contributed by atoms with E-state index in [1.54, 1.807) is 12.1 Å². The van der Waals surface area contributed by atoms with E-state index >= 15 is 0 Å². The monoisotopic (exact) mass is 395 g/mol. The Morgan fingerprint density at radius 3 is 2.70 bits per heavy atom. The molecular weight excluding hydrogens is 378 g/mol. The van der Waals surface area contributed by atoms with Crippen molar-refractivity contribution >= 4 is 33.4 Å². The number of carbonyl (C=O) groups is 1. The minimum absolute atomic E-state index is 0.0446. The molecule has 0 aliphatic heterocycles. The molecule has 0 aliphatic rings. The number of benzene rings is 2. The topological polar surface area (TPSA) is 38.3 Å². The molecule has 122 valence electrons. The van der Waals surface area contributed by atoms with Crippen LogP contribution in [-0.2, 0) is 11.2 Å². The van der Waals surface area contributed by atoms with Gasteiger partial charge in [-0.25, -0.2) is 0 Å². The van der Waals surface area contributed by atoms with E-state index in [0.717, 1.165) is 17.3 Å². The number of halogens is 2. The van der Waals surface area contributed by atoms with Crippen LogP contribution in [0.15, 0.2) is 53.0 Å².